The van der Waals surface area contributed by atoms with Crippen molar-refractivity contribution in [3.8, 4) is 0 Å². The Kier molecular flexibility index (Phi) is 5.89. The molecule has 1 fully saturated rings. The van der Waals surface area contributed by atoms with Crippen molar-refractivity contribution in [1.82, 2.24) is 10.3 Å². The van der Waals surface area contributed by atoms with E-state index < -0.39 is 0 Å². The van der Waals surface area contributed by atoms with E-state index in [1.807, 2.05) is 37.4 Å². The number of nitrogens with one attached hydrogen (secondary N) is 2. The van der Waals surface area contributed by atoms with E-state index >= 15 is 0 Å². The highest BCUT2D eigenvalue weighted by Gasteiger charge is 2.34. The van der Waals surface area contributed by atoms with Crippen molar-refractivity contribution in [2.45, 2.75) is 25.2 Å². The van der Waals surface area contributed by atoms with Crippen LogP contribution in [0.3, 0.4) is 0 Å². The van der Waals surface area contributed by atoms with Crippen molar-refractivity contribution >= 4 is 34.7 Å². The lowest BCUT2D eigenvalue weighted by Crippen LogP contribution is -2.45. The number of hydrogen-bond acceptors (Lipinski definition) is 3. The largest absolute Gasteiger partial charge is 0.381 e. The summed E-state index contributed by atoms with van der Waals surface area (Å²) in [6, 6.07) is 12.0. The molecule has 1 saturated heterocycles. The van der Waals surface area contributed by atoms with E-state index in [0.29, 0.717) is 5.11 Å². The number of aryl methyl sites for hydroxylation is 1. The van der Waals surface area contributed by atoms with Crippen LogP contribution in [0, 0.1) is 6.92 Å². The second-order valence-corrected chi connectivity index (χ2v) is 7.27. The zero-order valence-electron chi connectivity index (χ0n) is 14.2. The predicted octanol–water partition coefficient (Wildman–Crippen LogP) is 4.08. The highest BCUT2D eigenvalue weighted by molar-refractivity contribution is 7.80. The number of aromatic nitrogens is 1. The van der Waals surface area contributed by atoms with Crippen LogP contribution in [0.25, 0.3) is 0 Å². The van der Waals surface area contributed by atoms with Crippen molar-refractivity contribution in [3.05, 3.63) is 58.7 Å². The Labute approximate surface area is 158 Å². The van der Waals surface area contributed by atoms with Crippen LogP contribution < -0.4 is 10.6 Å². The standard InChI is InChI=1S/C19H22ClN3OS/c1-14-2-7-17(21-12-14)23-18(25)22-13-19(8-10-24-11-9-19)15-3-5-16(20)6-4-15/h2-7,12H,8-11,13H2,1H3,(H2,21,22,23,25). The lowest BCUT2D eigenvalue weighted by atomic mass is 9.74. The highest BCUT2D eigenvalue weighted by atomic mass is 35.5. The minimum atomic E-state index is -0.00468. The maximum absolute atomic E-state index is 6.05. The maximum Gasteiger partial charge on any atom is 0.171 e. The van der Waals surface area contributed by atoms with Gasteiger partial charge in [0.2, 0.25) is 0 Å². The van der Waals surface area contributed by atoms with Gasteiger partial charge in [0.25, 0.3) is 0 Å². The van der Waals surface area contributed by atoms with E-state index in [-0.39, 0.29) is 5.41 Å². The van der Waals surface area contributed by atoms with Crippen LogP contribution in [0.4, 0.5) is 5.82 Å². The SMILES string of the molecule is Cc1ccc(NC(=S)NCC2(c3ccc(Cl)cc3)CCOCC2)nc1. The normalized spacial score (nSPS) is 16.2. The summed E-state index contributed by atoms with van der Waals surface area (Å²) in [6.45, 7) is 4.26. The van der Waals surface area contributed by atoms with E-state index in [9.17, 15) is 0 Å². The van der Waals surface area contributed by atoms with Crippen molar-refractivity contribution in [2.24, 2.45) is 0 Å². The monoisotopic (exact) mass is 375 g/mol. The number of anilines is 1. The number of hydrogen-bond donors (Lipinski definition) is 2. The summed E-state index contributed by atoms with van der Waals surface area (Å²) in [4.78, 5) is 4.32. The van der Waals surface area contributed by atoms with Gasteiger partial charge in [-0.1, -0.05) is 29.8 Å². The lowest BCUT2D eigenvalue weighted by Gasteiger charge is -2.38. The Balaban J connectivity index is 1.67. The van der Waals surface area contributed by atoms with Crippen molar-refractivity contribution in [1.29, 1.82) is 0 Å². The highest BCUT2D eigenvalue weighted by Crippen LogP contribution is 2.34. The lowest BCUT2D eigenvalue weighted by molar-refractivity contribution is 0.0515. The number of pyridine rings is 1. The molecule has 4 nitrogen and oxygen atoms in total. The average molecular weight is 376 g/mol. The number of rotatable bonds is 4. The quantitative estimate of drug-likeness (QED) is 0.788. The van der Waals surface area contributed by atoms with Crippen LogP contribution in [-0.2, 0) is 10.2 Å². The zero-order valence-corrected chi connectivity index (χ0v) is 15.8. The molecule has 0 aliphatic carbocycles. The van der Waals surface area contributed by atoms with E-state index in [4.69, 9.17) is 28.6 Å². The van der Waals surface area contributed by atoms with Crippen LogP contribution in [0.5, 0.6) is 0 Å². The molecule has 0 radical (unpaired) electrons. The topological polar surface area (TPSA) is 46.2 Å². The fourth-order valence-electron chi connectivity index (χ4n) is 3.08. The number of benzene rings is 1. The van der Waals surface area contributed by atoms with Gasteiger partial charge in [-0.25, -0.2) is 4.98 Å². The Morgan fingerprint density at radius 3 is 2.56 bits per heavy atom. The molecule has 2 aromatic rings. The number of ether oxygens (including phenoxy) is 1. The van der Waals surface area contributed by atoms with Gasteiger partial charge in [0.1, 0.15) is 5.82 Å². The molecule has 1 aromatic carbocycles. The summed E-state index contributed by atoms with van der Waals surface area (Å²) < 4.78 is 5.57. The van der Waals surface area contributed by atoms with E-state index in [1.165, 1.54) is 5.56 Å². The Hall–Kier alpha value is -1.69. The minimum Gasteiger partial charge on any atom is -0.381 e. The third-order valence-electron chi connectivity index (χ3n) is 4.65. The minimum absolute atomic E-state index is 0.00468. The molecule has 3 rings (SSSR count). The molecule has 0 amide bonds. The van der Waals surface area contributed by atoms with Gasteiger partial charge in [0, 0.05) is 36.4 Å². The number of halogens is 1. The molecule has 2 N–H and O–H groups in total. The van der Waals surface area contributed by atoms with E-state index in [1.54, 1.807) is 0 Å². The van der Waals surface area contributed by atoms with Gasteiger partial charge in [-0.2, -0.15) is 0 Å². The molecule has 6 heteroatoms. The predicted molar refractivity (Wildman–Crippen MR) is 106 cm³/mol. The first-order chi connectivity index (χ1) is 12.1. The zero-order chi connectivity index (χ0) is 17.7. The fraction of sp³-hybridized carbons (Fsp3) is 0.368. The molecule has 0 bridgehead atoms. The smallest absolute Gasteiger partial charge is 0.171 e. The van der Waals surface area contributed by atoms with E-state index in [0.717, 1.165) is 49.0 Å². The van der Waals surface area contributed by atoms with Crippen LogP contribution >= 0.6 is 23.8 Å². The molecule has 0 atom stereocenters. The molecule has 2 heterocycles. The van der Waals surface area contributed by atoms with Crippen LogP contribution in [0.15, 0.2) is 42.6 Å². The second kappa shape index (κ2) is 8.13. The first-order valence-corrected chi connectivity index (χ1v) is 9.17. The van der Waals surface area contributed by atoms with Crippen molar-refractivity contribution in [3.63, 3.8) is 0 Å². The second-order valence-electron chi connectivity index (χ2n) is 6.43. The van der Waals surface area contributed by atoms with Gasteiger partial charge in [-0.15, -0.1) is 0 Å². The van der Waals surface area contributed by atoms with Gasteiger partial charge in [-0.3, -0.25) is 0 Å². The van der Waals surface area contributed by atoms with Gasteiger partial charge in [0.15, 0.2) is 5.11 Å². The van der Waals surface area contributed by atoms with Crippen LogP contribution in [-0.4, -0.2) is 29.9 Å². The average Bonchev–Trinajstić information content (AvgIpc) is 2.63. The molecular weight excluding hydrogens is 354 g/mol. The summed E-state index contributed by atoms with van der Waals surface area (Å²) in [6.07, 6.45) is 3.72. The third kappa shape index (κ3) is 4.69. The van der Waals surface area contributed by atoms with Gasteiger partial charge in [0.05, 0.1) is 0 Å². The van der Waals surface area contributed by atoms with Crippen LogP contribution in [0.2, 0.25) is 5.02 Å². The molecule has 0 spiro atoms. The number of nitrogens with zero attached hydrogens (tertiary/aromatic N) is 1. The molecule has 132 valence electrons. The maximum atomic E-state index is 6.05. The first-order valence-electron chi connectivity index (χ1n) is 8.39. The number of thiocarbonyl (C=S) groups is 1. The molecule has 0 saturated carbocycles. The Bertz CT molecular complexity index is 712. The Morgan fingerprint density at radius 1 is 1.20 bits per heavy atom. The van der Waals surface area contributed by atoms with Gasteiger partial charge in [-0.05, 0) is 61.3 Å². The molecule has 0 unspecified atom stereocenters. The molecule has 1 aromatic heterocycles. The summed E-state index contributed by atoms with van der Waals surface area (Å²) in [5.41, 5.74) is 2.38. The first kappa shape index (κ1) is 18.1. The van der Waals surface area contributed by atoms with Gasteiger partial charge >= 0.3 is 0 Å². The summed E-state index contributed by atoms with van der Waals surface area (Å²) >= 11 is 11.5. The molecule has 25 heavy (non-hydrogen) atoms. The Morgan fingerprint density at radius 2 is 1.92 bits per heavy atom. The molecule has 1 aliphatic heterocycles. The summed E-state index contributed by atoms with van der Waals surface area (Å²) in [5.74, 6) is 0.746. The van der Waals surface area contributed by atoms with Crippen LogP contribution in [0.1, 0.15) is 24.0 Å². The van der Waals surface area contributed by atoms with Crippen molar-refractivity contribution < 1.29 is 4.74 Å². The molecular formula is C19H22ClN3OS. The third-order valence-corrected chi connectivity index (χ3v) is 5.15. The van der Waals surface area contributed by atoms with Crippen molar-refractivity contribution in [2.75, 3.05) is 25.1 Å². The van der Waals surface area contributed by atoms with E-state index in [2.05, 4.69) is 27.8 Å². The summed E-state index contributed by atoms with van der Waals surface area (Å²) in [5, 5.41) is 7.84. The fourth-order valence-corrected chi connectivity index (χ4v) is 3.39. The van der Waals surface area contributed by atoms with Gasteiger partial charge < -0.3 is 15.4 Å². The summed E-state index contributed by atoms with van der Waals surface area (Å²) in [7, 11) is 0. The molecule has 1 aliphatic rings.